The summed E-state index contributed by atoms with van der Waals surface area (Å²) in [5.74, 6) is 8.82. The van der Waals surface area contributed by atoms with Gasteiger partial charge in [0.15, 0.2) is 16.6 Å². The van der Waals surface area contributed by atoms with Crippen LogP contribution in [0.15, 0.2) is 65.8 Å². The first kappa shape index (κ1) is 36.2. The number of fused-ring (bicyclic) bond motifs is 1. The average molecular weight is 645 g/mol. The minimum Gasteiger partial charge on any atom is -0.413 e. The van der Waals surface area contributed by atoms with Crippen molar-refractivity contribution in [3.8, 4) is 11.8 Å². The molecule has 6 atom stereocenters. The van der Waals surface area contributed by atoms with Gasteiger partial charge in [-0.05, 0) is 115 Å². The van der Waals surface area contributed by atoms with Crippen LogP contribution in [0.3, 0.4) is 0 Å². The van der Waals surface area contributed by atoms with Gasteiger partial charge in [0.1, 0.15) is 0 Å². The SMILES string of the molecule is C=C1/C(=C/C=C2\CCC[C@]3(C)[C@@H]([C@H](C)C#Cc4ccccc4)CC[C@@H]23)C[C@@H](O[Si](C)(C)C(C)(C)C)C[C@@H]1O[Si](C)(C)C(C)(C)C. The highest BCUT2D eigenvalue weighted by atomic mass is 28.4. The van der Waals surface area contributed by atoms with Crippen molar-refractivity contribution in [2.75, 3.05) is 0 Å². The third-order valence-corrected chi connectivity index (χ3v) is 21.6. The summed E-state index contributed by atoms with van der Waals surface area (Å²) < 4.78 is 14.2. The summed E-state index contributed by atoms with van der Waals surface area (Å²) in [6, 6.07) is 10.5. The molecule has 0 bridgehead atoms. The van der Waals surface area contributed by atoms with Crippen LogP contribution in [-0.2, 0) is 8.85 Å². The Labute approximate surface area is 279 Å². The van der Waals surface area contributed by atoms with E-state index in [1.54, 1.807) is 5.57 Å². The maximum atomic E-state index is 7.09. The highest BCUT2D eigenvalue weighted by Gasteiger charge is 2.50. The summed E-state index contributed by atoms with van der Waals surface area (Å²) in [5.41, 5.74) is 5.60. The van der Waals surface area contributed by atoms with Gasteiger partial charge in [-0.3, -0.25) is 0 Å². The van der Waals surface area contributed by atoms with Crippen molar-refractivity contribution >= 4 is 16.6 Å². The van der Waals surface area contributed by atoms with Crippen LogP contribution in [0.2, 0.25) is 36.3 Å². The smallest absolute Gasteiger partial charge is 0.192 e. The zero-order valence-corrected chi connectivity index (χ0v) is 32.9. The Morgan fingerprint density at radius 3 is 2.18 bits per heavy atom. The normalized spacial score (nSPS) is 30.6. The highest BCUT2D eigenvalue weighted by Crippen LogP contribution is 2.59. The van der Waals surface area contributed by atoms with Gasteiger partial charge in [-0.25, -0.2) is 0 Å². The summed E-state index contributed by atoms with van der Waals surface area (Å²) in [4.78, 5) is 0. The van der Waals surface area contributed by atoms with Crippen molar-refractivity contribution < 1.29 is 8.85 Å². The largest absolute Gasteiger partial charge is 0.413 e. The zero-order chi connectivity index (χ0) is 33.4. The summed E-state index contributed by atoms with van der Waals surface area (Å²) in [7, 11) is -3.90. The quantitative estimate of drug-likeness (QED) is 0.227. The molecule has 2 nitrogen and oxygen atoms in total. The number of benzene rings is 1. The van der Waals surface area contributed by atoms with Crippen molar-refractivity contribution in [2.45, 2.75) is 149 Å². The van der Waals surface area contributed by atoms with E-state index in [0.29, 0.717) is 23.2 Å². The lowest BCUT2D eigenvalue weighted by Gasteiger charge is -2.45. The second-order valence-corrected chi connectivity index (χ2v) is 27.3. The van der Waals surface area contributed by atoms with E-state index in [1.807, 2.05) is 0 Å². The predicted molar refractivity (Wildman–Crippen MR) is 199 cm³/mol. The molecule has 3 fully saturated rings. The minimum atomic E-state index is -1.98. The van der Waals surface area contributed by atoms with E-state index in [0.717, 1.165) is 18.4 Å². The van der Waals surface area contributed by atoms with Crippen molar-refractivity contribution in [1.29, 1.82) is 0 Å². The Balaban J connectivity index is 1.60. The molecule has 0 amide bonds. The van der Waals surface area contributed by atoms with Crippen molar-refractivity contribution in [3.63, 3.8) is 0 Å². The summed E-state index contributed by atoms with van der Waals surface area (Å²) in [5, 5.41) is 0.331. The van der Waals surface area contributed by atoms with Crippen LogP contribution in [0, 0.1) is 35.0 Å². The standard InChI is InChI=1S/C41H64O2Si2/c1-30(21-22-32-18-15-14-16-19-32)36-25-26-37-33(20-17-27-41(36,37)9)23-24-34-28-35(42-44(10,11)39(3,4)5)29-38(31(34)2)43-45(12,13)40(6,7)8/h14-16,18-19,23-24,30,35-38H,2,17,20,25-29H2,1,3-13H3/b33-23+,34-24+/t30-,35-,36-,37+,38+,41-/m1/s1. The molecule has 0 saturated heterocycles. The molecule has 3 aliphatic carbocycles. The van der Waals surface area contributed by atoms with Crippen molar-refractivity contribution in [2.24, 2.45) is 23.2 Å². The van der Waals surface area contributed by atoms with E-state index in [-0.39, 0.29) is 22.3 Å². The number of hydrogen-bond acceptors (Lipinski definition) is 2. The molecular formula is C41H64O2Si2. The van der Waals surface area contributed by atoms with E-state index in [1.165, 1.54) is 43.3 Å². The Bertz CT molecular complexity index is 1330. The number of allylic oxidation sites excluding steroid dienone is 3. The van der Waals surface area contributed by atoms with E-state index in [9.17, 15) is 0 Å². The Hall–Kier alpha value is -1.65. The molecule has 4 rings (SSSR count). The fourth-order valence-electron chi connectivity index (χ4n) is 7.69. The molecule has 0 aliphatic heterocycles. The molecule has 4 heteroatoms. The first-order chi connectivity index (χ1) is 20.7. The molecule has 45 heavy (non-hydrogen) atoms. The molecule has 0 radical (unpaired) electrons. The van der Waals surface area contributed by atoms with E-state index < -0.39 is 16.6 Å². The van der Waals surface area contributed by atoms with Gasteiger partial charge in [0, 0.05) is 17.9 Å². The fraction of sp³-hybridized carbons (Fsp3) is 0.659. The molecule has 0 heterocycles. The Morgan fingerprint density at radius 2 is 1.56 bits per heavy atom. The summed E-state index contributed by atoms with van der Waals surface area (Å²) in [6.07, 6.45) is 13.3. The third-order valence-electron chi connectivity index (χ3n) is 12.6. The first-order valence-electron chi connectivity index (χ1n) is 17.8. The minimum absolute atomic E-state index is 0.0237. The monoisotopic (exact) mass is 644 g/mol. The summed E-state index contributed by atoms with van der Waals surface area (Å²) >= 11 is 0. The molecule has 0 N–H and O–H groups in total. The number of hydrogen-bond donors (Lipinski definition) is 0. The van der Waals surface area contributed by atoms with Gasteiger partial charge in [-0.2, -0.15) is 0 Å². The molecule has 0 aromatic heterocycles. The van der Waals surface area contributed by atoms with Gasteiger partial charge < -0.3 is 8.85 Å². The molecule has 248 valence electrons. The molecule has 3 saturated carbocycles. The van der Waals surface area contributed by atoms with E-state index in [2.05, 4.69) is 142 Å². The van der Waals surface area contributed by atoms with Crippen molar-refractivity contribution in [1.82, 2.24) is 0 Å². The summed E-state index contributed by atoms with van der Waals surface area (Å²) in [6.45, 7) is 33.2. The topological polar surface area (TPSA) is 18.5 Å². The number of rotatable bonds is 6. The molecule has 1 aromatic carbocycles. The van der Waals surface area contributed by atoms with E-state index in [4.69, 9.17) is 8.85 Å². The van der Waals surface area contributed by atoms with Gasteiger partial charge in [-0.15, -0.1) is 0 Å². The lowest BCUT2D eigenvalue weighted by molar-refractivity contribution is 0.0969. The fourth-order valence-corrected chi connectivity index (χ4v) is 10.4. The zero-order valence-electron chi connectivity index (χ0n) is 30.9. The van der Waals surface area contributed by atoms with Gasteiger partial charge >= 0.3 is 0 Å². The van der Waals surface area contributed by atoms with Crippen LogP contribution in [0.5, 0.6) is 0 Å². The average Bonchev–Trinajstić information content (AvgIpc) is 3.29. The second kappa shape index (κ2) is 13.5. The molecule has 1 aromatic rings. The van der Waals surface area contributed by atoms with Gasteiger partial charge in [0.25, 0.3) is 0 Å². The van der Waals surface area contributed by atoms with Crippen LogP contribution >= 0.6 is 0 Å². The molecule has 0 unspecified atom stereocenters. The van der Waals surface area contributed by atoms with E-state index >= 15 is 0 Å². The van der Waals surface area contributed by atoms with Crippen LogP contribution in [0.1, 0.15) is 106 Å². The molecule has 0 spiro atoms. The van der Waals surface area contributed by atoms with Crippen molar-refractivity contribution in [3.05, 3.63) is 71.3 Å². The predicted octanol–water partition coefficient (Wildman–Crippen LogP) is 11.9. The maximum absolute atomic E-state index is 7.09. The lowest BCUT2D eigenvalue weighted by atomic mass is 9.61. The molecular weight excluding hydrogens is 581 g/mol. The van der Waals surface area contributed by atoms with Crippen LogP contribution < -0.4 is 0 Å². The lowest BCUT2D eigenvalue weighted by Crippen LogP contribution is -2.49. The maximum Gasteiger partial charge on any atom is 0.192 e. The Morgan fingerprint density at radius 1 is 0.933 bits per heavy atom. The Kier molecular flexibility index (Phi) is 10.8. The van der Waals surface area contributed by atoms with Gasteiger partial charge in [0.2, 0.25) is 0 Å². The molecule has 3 aliphatic rings. The first-order valence-corrected chi connectivity index (χ1v) is 23.6. The third kappa shape index (κ3) is 8.09. The van der Waals surface area contributed by atoms with Crippen LogP contribution in [0.25, 0.3) is 0 Å². The van der Waals surface area contributed by atoms with Gasteiger partial charge in [0.05, 0.1) is 12.2 Å². The van der Waals surface area contributed by atoms with Crippen LogP contribution in [-0.4, -0.2) is 28.8 Å². The highest BCUT2D eigenvalue weighted by molar-refractivity contribution is 6.74. The van der Waals surface area contributed by atoms with Gasteiger partial charge in [-0.1, -0.05) is 110 Å². The van der Waals surface area contributed by atoms with Crippen LogP contribution in [0.4, 0.5) is 0 Å². The second-order valence-electron chi connectivity index (χ2n) is 17.8.